The Labute approximate surface area is 125 Å². The summed E-state index contributed by atoms with van der Waals surface area (Å²) in [5, 5.41) is 20.1. The number of benzene rings is 1. The molecule has 0 radical (unpaired) electrons. The van der Waals surface area contributed by atoms with Gasteiger partial charge in [-0.3, -0.25) is 10.1 Å². The average molecular weight is 322 g/mol. The summed E-state index contributed by atoms with van der Waals surface area (Å²) in [4.78, 5) is 21.3. The number of hydrogen-bond acceptors (Lipinski definition) is 4. The van der Waals surface area contributed by atoms with E-state index in [1.54, 1.807) is 0 Å². The Morgan fingerprint density at radius 3 is 2.55 bits per heavy atom. The molecule has 1 unspecified atom stereocenters. The fraction of sp³-hybridized carbons (Fsp3) is 0.417. The highest BCUT2D eigenvalue weighted by Gasteiger charge is 2.25. The fourth-order valence-electron chi connectivity index (χ4n) is 1.53. The number of nitro groups is 1. The van der Waals surface area contributed by atoms with E-state index in [1.807, 2.05) is 6.92 Å². The molecule has 0 fully saturated rings. The minimum atomic E-state index is -1.18. The maximum atomic E-state index is 11.1. The number of carboxylic acid groups (broad SMARTS) is 1. The number of carbonyl (C=O) groups is 1. The molecule has 6 nitrogen and oxygen atoms in total. The second-order valence-corrected chi connectivity index (χ2v) is 4.89. The minimum Gasteiger partial charge on any atom is -0.479 e. The van der Waals surface area contributed by atoms with Crippen LogP contribution in [-0.2, 0) is 4.79 Å². The summed E-state index contributed by atoms with van der Waals surface area (Å²) in [6, 6.07) is 2.20. The molecule has 0 saturated heterocycles. The van der Waals surface area contributed by atoms with Gasteiger partial charge in [0.1, 0.15) is 0 Å². The van der Waals surface area contributed by atoms with Crippen LogP contribution in [0.25, 0.3) is 0 Å². The lowest BCUT2D eigenvalue weighted by Gasteiger charge is -2.15. The molecule has 1 aromatic rings. The Bertz CT molecular complexity index is 521. The summed E-state index contributed by atoms with van der Waals surface area (Å²) in [5.74, 6) is -1.38. The third-order valence-electron chi connectivity index (χ3n) is 2.56. The Kier molecular flexibility index (Phi) is 6.04. The molecule has 0 bridgehead atoms. The van der Waals surface area contributed by atoms with Gasteiger partial charge in [-0.2, -0.15) is 0 Å². The summed E-state index contributed by atoms with van der Waals surface area (Å²) in [6.07, 6.45) is 0.511. The molecule has 0 saturated carbocycles. The van der Waals surface area contributed by atoms with E-state index in [1.165, 1.54) is 0 Å². The molecule has 110 valence electrons. The van der Waals surface area contributed by atoms with Crippen molar-refractivity contribution in [3.63, 3.8) is 0 Å². The minimum absolute atomic E-state index is 0.00569. The summed E-state index contributed by atoms with van der Waals surface area (Å²) >= 11 is 11.5. The molecule has 1 N–H and O–H groups in total. The van der Waals surface area contributed by atoms with Crippen LogP contribution >= 0.6 is 23.2 Å². The molecule has 20 heavy (non-hydrogen) atoms. The van der Waals surface area contributed by atoms with Gasteiger partial charge in [0.25, 0.3) is 0 Å². The highest BCUT2D eigenvalue weighted by Crippen LogP contribution is 2.36. The van der Waals surface area contributed by atoms with E-state index >= 15 is 0 Å². The van der Waals surface area contributed by atoms with Crippen molar-refractivity contribution in [3.05, 3.63) is 32.3 Å². The first-order valence-electron chi connectivity index (χ1n) is 5.89. The zero-order chi connectivity index (χ0) is 15.3. The normalized spacial score (nSPS) is 11.9. The third-order valence-corrected chi connectivity index (χ3v) is 3.29. The fourth-order valence-corrected chi connectivity index (χ4v) is 1.84. The molecule has 0 aromatic heterocycles. The van der Waals surface area contributed by atoms with Gasteiger partial charge in [-0.25, -0.2) is 4.79 Å². The zero-order valence-corrected chi connectivity index (χ0v) is 12.1. The molecule has 0 amide bonds. The molecule has 8 heteroatoms. The van der Waals surface area contributed by atoms with Gasteiger partial charge in [-0.05, 0) is 12.8 Å². The molecule has 1 aromatic carbocycles. The number of nitrogens with zero attached hydrogens (tertiary/aromatic N) is 1. The standard InChI is InChI=1S/C12H13Cl2NO5/c1-2-3-4-10(12(16)17)20-11-6-8(14)7(13)5-9(11)15(18)19/h5-6,10H,2-4H2,1H3,(H,16,17). The van der Waals surface area contributed by atoms with Gasteiger partial charge in [0.15, 0.2) is 11.9 Å². The number of rotatable bonds is 7. The van der Waals surface area contributed by atoms with Crippen molar-refractivity contribution >= 4 is 34.9 Å². The monoisotopic (exact) mass is 321 g/mol. The van der Waals surface area contributed by atoms with Crippen molar-refractivity contribution in [2.24, 2.45) is 0 Å². The lowest BCUT2D eigenvalue weighted by Crippen LogP contribution is -2.27. The van der Waals surface area contributed by atoms with Crippen molar-refractivity contribution in [1.82, 2.24) is 0 Å². The van der Waals surface area contributed by atoms with Crippen molar-refractivity contribution in [1.29, 1.82) is 0 Å². The molecule has 0 heterocycles. The smallest absolute Gasteiger partial charge is 0.344 e. The van der Waals surface area contributed by atoms with E-state index < -0.39 is 22.7 Å². The Morgan fingerprint density at radius 2 is 2.05 bits per heavy atom. The summed E-state index contributed by atoms with van der Waals surface area (Å²) in [6.45, 7) is 1.90. The summed E-state index contributed by atoms with van der Waals surface area (Å²) in [5.41, 5.74) is -0.415. The number of carboxylic acids is 1. The van der Waals surface area contributed by atoms with Crippen molar-refractivity contribution in [2.45, 2.75) is 32.3 Å². The molecule has 0 aliphatic rings. The van der Waals surface area contributed by atoms with Gasteiger partial charge in [0.05, 0.1) is 15.0 Å². The van der Waals surface area contributed by atoms with Crippen LogP contribution < -0.4 is 4.74 Å². The van der Waals surface area contributed by atoms with E-state index in [0.29, 0.717) is 6.42 Å². The van der Waals surface area contributed by atoms with Gasteiger partial charge in [0.2, 0.25) is 0 Å². The average Bonchev–Trinajstić information content (AvgIpc) is 2.37. The largest absolute Gasteiger partial charge is 0.479 e. The van der Waals surface area contributed by atoms with E-state index in [4.69, 9.17) is 33.0 Å². The number of aliphatic carboxylic acids is 1. The van der Waals surface area contributed by atoms with E-state index in [0.717, 1.165) is 18.6 Å². The third kappa shape index (κ3) is 4.25. The van der Waals surface area contributed by atoms with Crippen LogP contribution in [0.1, 0.15) is 26.2 Å². The van der Waals surface area contributed by atoms with Crippen LogP contribution in [0.2, 0.25) is 10.0 Å². The quantitative estimate of drug-likeness (QED) is 0.607. The van der Waals surface area contributed by atoms with Gasteiger partial charge >= 0.3 is 11.7 Å². The first-order chi connectivity index (χ1) is 9.36. The van der Waals surface area contributed by atoms with E-state index in [9.17, 15) is 14.9 Å². The first kappa shape index (κ1) is 16.5. The van der Waals surface area contributed by atoms with Gasteiger partial charge in [-0.15, -0.1) is 0 Å². The van der Waals surface area contributed by atoms with E-state index in [2.05, 4.69) is 0 Å². The number of ether oxygens (including phenoxy) is 1. The lowest BCUT2D eigenvalue weighted by molar-refractivity contribution is -0.386. The number of hydrogen-bond donors (Lipinski definition) is 1. The Morgan fingerprint density at radius 1 is 1.45 bits per heavy atom. The lowest BCUT2D eigenvalue weighted by atomic mass is 10.1. The van der Waals surface area contributed by atoms with Gasteiger partial charge in [0, 0.05) is 12.1 Å². The predicted molar refractivity (Wildman–Crippen MR) is 74.7 cm³/mol. The van der Waals surface area contributed by atoms with Crippen molar-refractivity contribution in [2.75, 3.05) is 0 Å². The zero-order valence-electron chi connectivity index (χ0n) is 10.6. The molecule has 1 atom stereocenters. The maximum Gasteiger partial charge on any atom is 0.344 e. The second kappa shape index (κ2) is 7.31. The SMILES string of the molecule is CCCCC(Oc1cc(Cl)c(Cl)cc1[N+](=O)[O-])C(=O)O. The molecular weight excluding hydrogens is 309 g/mol. The van der Waals surface area contributed by atoms with Crippen LogP contribution in [0.3, 0.4) is 0 Å². The Balaban J connectivity index is 3.07. The van der Waals surface area contributed by atoms with Crippen molar-refractivity contribution < 1.29 is 19.6 Å². The highest BCUT2D eigenvalue weighted by molar-refractivity contribution is 6.42. The van der Waals surface area contributed by atoms with Crippen LogP contribution in [-0.4, -0.2) is 22.1 Å². The maximum absolute atomic E-state index is 11.1. The number of unbranched alkanes of at least 4 members (excludes halogenated alkanes) is 1. The predicted octanol–water partition coefficient (Wildman–Crippen LogP) is 3.92. The van der Waals surface area contributed by atoms with Gasteiger partial charge < -0.3 is 9.84 Å². The Hall–Kier alpha value is -1.53. The number of halogens is 2. The summed E-state index contributed by atoms with van der Waals surface area (Å²) in [7, 11) is 0. The molecule has 0 aliphatic carbocycles. The van der Waals surface area contributed by atoms with E-state index in [-0.39, 0.29) is 22.2 Å². The van der Waals surface area contributed by atoms with Crippen LogP contribution in [0.4, 0.5) is 5.69 Å². The van der Waals surface area contributed by atoms with Gasteiger partial charge in [-0.1, -0.05) is 36.5 Å². The van der Waals surface area contributed by atoms with Crippen molar-refractivity contribution in [3.8, 4) is 5.75 Å². The second-order valence-electron chi connectivity index (χ2n) is 4.08. The van der Waals surface area contributed by atoms with Crippen LogP contribution in [0.15, 0.2) is 12.1 Å². The van der Waals surface area contributed by atoms with Crippen LogP contribution in [0, 0.1) is 10.1 Å². The molecule has 1 rings (SSSR count). The highest BCUT2D eigenvalue weighted by atomic mass is 35.5. The topological polar surface area (TPSA) is 89.7 Å². The first-order valence-corrected chi connectivity index (χ1v) is 6.65. The molecular formula is C12H13Cl2NO5. The number of nitro benzene ring substituents is 1. The van der Waals surface area contributed by atoms with Crippen LogP contribution in [0.5, 0.6) is 5.75 Å². The summed E-state index contributed by atoms with van der Waals surface area (Å²) < 4.78 is 5.22. The molecule has 0 aliphatic heterocycles. The molecule has 0 spiro atoms.